The summed E-state index contributed by atoms with van der Waals surface area (Å²) >= 11 is 6.35. The molecule has 1 aromatic carbocycles. The maximum Gasteiger partial charge on any atom is 0.138 e. The Balaban J connectivity index is 3.20. The summed E-state index contributed by atoms with van der Waals surface area (Å²) in [4.78, 5) is 0.350. The molecule has 0 heterocycles. The van der Waals surface area contributed by atoms with E-state index in [-0.39, 0.29) is 10.7 Å². The van der Waals surface area contributed by atoms with E-state index in [2.05, 4.69) is 0 Å². The van der Waals surface area contributed by atoms with Crippen molar-refractivity contribution < 1.29 is 4.39 Å². The highest BCUT2D eigenvalue weighted by atomic mass is 35.5. The van der Waals surface area contributed by atoms with Gasteiger partial charge in [-0.2, -0.15) is 5.26 Å². The Bertz CT molecular complexity index is 348. The number of thiocyanates is 1. The molecule has 62 valence electrons. The second-order valence-corrected chi connectivity index (χ2v) is 3.23. The van der Waals surface area contributed by atoms with E-state index in [9.17, 15) is 4.39 Å². The molecule has 1 rings (SSSR count). The van der Waals surface area contributed by atoms with Gasteiger partial charge in [0.25, 0.3) is 0 Å². The van der Waals surface area contributed by atoms with Gasteiger partial charge in [-0.05, 0) is 23.9 Å². The van der Waals surface area contributed by atoms with Crippen LogP contribution in [0.5, 0.6) is 0 Å². The molecule has 0 saturated carbocycles. The normalized spacial score (nSPS) is 9.42. The van der Waals surface area contributed by atoms with Crippen LogP contribution in [0.4, 0.5) is 10.1 Å². The van der Waals surface area contributed by atoms with E-state index in [1.54, 1.807) is 5.40 Å². The van der Waals surface area contributed by atoms with E-state index in [0.29, 0.717) is 4.90 Å². The van der Waals surface area contributed by atoms with E-state index >= 15 is 0 Å². The number of rotatable bonds is 1. The number of thioether (sulfide) groups is 1. The van der Waals surface area contributed by atoms with Crippen LogP contribution in [0.2, 0.25) is 5.02 Å². The van der Waals surface area contributed by atoms with Crippen LogP contribution in [-0.4, -0.2) is 0 Å². The highest BCUT2D eigenvalue weighted by molar-refractivity contribution is 8.03. The van der Waals surface area contributed by atoms with Gasteiger partial charge in [-0.15, -0.1) is 0 Å². The maximum absolute atomic E-state index is 12.7. The minimum atomic E-state index is -0.494. The standard InChI is InChI=1S/C7H4ClFN2S/c8-5-1-4(9)2-6(7(5)11)12-3-10/h1-2H,11H2. The van der Waals surface area contributed by atoms with Crippen molar-refractivity contribution in [3.8, 4) is 5.40 Å². The molecule has 0 spiro atoms. The zero-order valence-electron chi connectivity index (χ0n) is 5.84. The highest BCUT2D eigenvalue weighted by Gasteiger charge is 2.06. The van der Waals surface area contributed by atoms with Gasteiger partial charge < -0.3 is 5.73 Å². The number of nitrogens with two attached hydrogens (primary N) is 1. The van der Waals surface area contributed by atoms with Gasteiger partial charge in [0.15, 0.2) is 0 Å². The van der Waals surface area contributed by atoms with Crippen molar-refractivity contribution >= 4 is 29.1 Å². The molecule has 5 heteroatoms. The molecule has 0 aliphatic rings. The molecule has 0 saturated heterocycles. The van der Waals surface area contributed by atoms with Crippen molar-refractivity contribution in [1.82, 2.24) is 0 Å². The smallest absolute Gasteiger partial charge is 0.138 e. The zero-order valence-corrected chi connectivity index (χ0v) is 7.42. The summed E-state index contributed by atoms with van der Waals surface area (Å²) < 4.78 is 12.7. The van der Waals surface area contributed by atoms with Gasteiger partial charge >= 0.3 is 0 Å². The van der Waals surface area contributed by atoms with Crippen LogP contribution in [0.3, 0.4) is 0 Å². The van der Waals surface area contributed by atoms with Crippen molar-refractivity contribution in [2.24, 2.45) is 0 Å². The van der Waals surface area contributed by atoms with E-state index in [4.69, 9.17) is 22.6 Å². The summed E-state index contributed by atoms with van der Waals surface area (Å²) in [7, 11) is 0. The predicted molar refractivity (Wildman–Crippen MR) is 47.3 cm³/mol. The Hall–Kier alpha value is -0.920. The van der Waals surface area contributed by atoms with Gasteiger partial charge in [-0.1, -0.05) is 11.6 Å². The largest absolute Gasteiger partial charge is 0.397 e. The first-order valence-corrected chi connectivity index (χ1v) is 4.15. The zero-order chi connectivity index (χ0) is 9.14. The van der Waals surface area contributed by atoms with Crippen molar-refractivity contribution in [2.45, 2.75) is 4.90 Å². The summed E-state index contributed by atoms with van der Waals surface area (Å²) in [6.07, 6.45) is 0. The monoisotopic (exact) mass is 202 g/mol. The van der Waals surface area contributed by atoms with Crippen LogP contribution in [0.1, 0.15) is 0 Å². The van der Waals surface area contributed by atoms with E-state index in [1.165, 1.54) is 6.07 Å². The molecular formula is C7H4ClFN2S. The Morgan fingerprint density at radius 3 is 2.83 bits per heavy atom. The van der Waals surface area contributed by atoms with Crippen molar-refractivity contribution in [3.63, 3.8) is 0 Å². The first-order valence-electron chi connectivity index (χ1n) is 2.95. The number of benzene rings is 1. The van der Waals surface area contributed by atoms with E-state index in [1.807, 2.05) is 0 Å². The van der Waals surface area contributed by atoms with Crippen LogP contribution in [0, 0.1) is 16.5 Å². The molecule has 1 aromatic rings. The Morgan fingerprint density at radius 2 is 2.25 bits per heavy atom. The number of hydrogen-bond acceptors (Lipinski definition) is 3. The number of nitriles is 1. The topological polar surface area (TPSA) is 49.8 Å². The van der Waals surface area contributed by atoms with Gasteiger partial charge in [-0.25, -0.2) is 4.39 Å². The molecular weight excluding hydrogens is 199 g/mol. The summed E-state index contributed by atoms with van der Waals surface area (Å²) in [5.74, 6) is -0.494. The predicted octanol–water partition coefficient (Wildman–Crippen LogP) is 2.63. The third-order valence-electron chi connectivity index (χ3n) is 1.21. The molecule has 0 bridgehead atoms. The molecule has 0 radical (unpaired) electrons. The van der Waals surface area contributed by atoms with Gasteiger partial charge in [0.05, 0.1) is 10.7 Å². The van der Waals surface area contributed by atoms with Crippen LogP contribution in [0.25, 0.3) is 0 Å². The maximum atomic E-state index is 12.7. The molecule has 0 aliphatic carbocycles. The second-order valence-electron chi connectivity index (χ2n) is 1.99. The Labute approximate surface area is 78.1 Å². The second kappa shape index (κ2) is 3.65. The fourth-order valence-corrected chi connectivity index (χ4v) is 1.45. The fraction of sp³-hybridized carbons (Fsp3) is 0. The van der Waals surface area contributed by atoms with Crippen LogP contribution in [0.15, 0.2) is 17.0 Å². The summed E-state index contributed by atoms with van der Waals surface area (Å²) in [5, 5.41) is 10.2. The number of nitrogens with zero attached hydrogens (tertiary/aromatic N) is 1. The first kappa shape index (κ1) is 9.17. The van der Waals surface area contributed by atoms with Crippen molar-refractivity contribution in [1.29, 1.82) is 5.26 Å². The lowest BCUT2D eigenvalue weighted by Gasteiger charge is -2.02. The number of anilines is 1. The molecule has 0 fully saturated rings. The molecule has 2 N–H and O–H groups in total. The van der Waals surface area contributed by atoms with E-state index < -0.39 is 5.82 Å². The number of nitrogen functional groups attached to an aromatic ring is 1. The molecule has 12 heavy (non-hydrogen) atoms. The number of halogens is 2. The summed E-state index contributed by atoms with van der Waals surface area (Å²) in [5.41, 5.74) is 5.71. The first-order chi connectivity index (χ1) is 5.65. The highest BCUT2D eigenvalue weighted by Crippen LogP contribution is 2.31. The molecule has 0 unspecified atom stereocenters. The number of hydrogen-bond donors (Lipinski definition) is 1. The quantitative estimate of drug-likeness (QED) is 0.433. The van der Waals surface area contributed by atoms with Gasteiger partial charge in [0.1, 0.15) is 11.2 Å². The lowest BCUT2D eigenvalue weighted by Crippen LogP contribution is -1.90. The van der Waals surface area contributed by atoms with E-state index in [0.717, 1.165) is 17.8 Å². The fourth-order valence-electron chi connectivity index (χ4n) is 0.695. The average molecular weight is 203 g/mol. The van der Waals surface area contributed by atoms with Crippen LogP contribution in [-0.2, 0) is 0 Å². The summed E-state index contributed by atoms with van der Waals surface area (Å²) in [6.45, 7) is 0. The van der Waals surface area contributed by atoms with Gasteiger partial charge in [0.2, 0.25) is 0 Å². The van der Waals surface area contributed by atoms with Crippen molar-refractivity contribution in [3.05, 3.63) is 23.0 Å². The third-order valence-corrected chi connectivity index (χ3v) is 2.17. The Morgan fingerprint density at radius 1 is 1.58 bits per heavy atom. The molecule has 0 aromatic heterocycles. The SMILES string of the molecule is N#CSc1cc(F)cc(Cl)c1N. The van der Waals surface area contributed by atoms with Gasteiger partial charge in [-0.3, -0.25) is 0 Å². The minimum absolute atomic E-state index is 0.132. The lowest BCUT2D eigenvalue weighted by atomic mass is 10.3. The molecule has 0 aliphatic heterocycles. The minimum Gasteiger partial charge on any atom is -0.397 e. The van der Waals surface area contributed by atoms with Gasteiger partial charge in [0, 0.05) is 4.90 Å². The van der Waals surface area contributed by atoms with Crippen LogP contribution >= 0.6 is 23.4 Å². The third kappa shape index (κ3) is 1.81. The Kier molecular flexibility index (Phi) is 2.79. The van der Waals surface area contributed by atoms with Crippen molar-refractivity contribution in [2.75, 3.05) is 5.73 Å². The molecule has 2 nitrogen and oxygen atoms in total. The van der Waals surface area contributed by atoms with Crippen LogP contribution < -0.4 is 5.73 Å². The molecule has 0 amide bonds. The average Bonchev–Trinajstić information content (AvgIpc) is 2.00. The molecule has 0 atom stereocenters. The lowest BCUT2D eigenvalue weighted by molar-refractivity contribution is 0.625. The summed E-state index contributed by atoms with van der Waals surface area (Å²) in [6, 6.07) is 2.29.